The van der Waals surface area contributed by atoms with Crippen molar-refractivity contribution in [3.63, 3.8) is 0 Å². The zero-order valence-electron chi connectivity index (χ0n) is 15.2. The Kier molecular flexibility index (Phi) is 5.15. The van der Waals surface area contributed by atoms with Gasteiger partial charge >= 0.3 is 0 Å². The van der Waals surface area contributed by atoms with E-state index >= 15 is 0 Å². The van der Waals surface area contributed by atoms with Crippen LogP contribution in [-0.4, -0.2) is 22.8 Å². The molecule has 0 spiro atoms. The Morgan fingerprint density at radius 1 is 1.11 bits per heavy atom. The standard InChI is InChI=1S/C21H18ClN3O2S/c1-12-18(28-21(23-12)14-3-2-4-15(22)11-14)20(27)25-16-7-5-13(6-8-16)19(26)24-17-9-10-17/h2-8,11,17H,9-10H2,1H3,(H,24,26)(H,25,27). The van der Waals surface area contributed by atoms with E-state index in [0.29, 0.717) is 32.9 Å². The number of hydrogen-bond donors (Lipinski definition) is 2. The second-order valence-electron chi connectivity index (χ2n) is 6.72. The lowest BCUT2D eigenvalue weighted by Gasteiger charge is -2.06. The molecule has 28 heavy (non-hydrogen) atoms. The number of nitrogens with one attached hydrogen (secondary N) is 2. The minimum Gasteiger partial charge on any atom is -0.349 e. The van der Waals surface area contributed by atoms with Gasteiger partial charge in [0.25, 0.3) is 11.8 Å². The highest BCUT2D eigenvalue weighted by Gasteiger charge is 2.23. The molecule has 3 aromatic rings. The summed E-state index contributed by atoms with van der Waals surface area (Å²) in [6.07, 6.45) is 2.09. The van der Waals surface area contributed by atoms with Crippen molar-refractivity contribution in [1.82, 2.24) is 10.3 Å². The molecule has 0 radical (unpaired) electrons. The van der Waals surface area contributed by atoms with Crippen LogP contribution in [0.2, 0.25) is 5.02 Å². The molecule has 0 atom stereocenters. The van der Waals surface area contributed by atoms with Crippen LogP contribution in [0.5, 0.6) is 0 Å². The summed E-state index contributed by atoms with van der Waals surface area (Å²) in [6, 6.07) is 14.6. The number of carbonyl (C=O) groups is 2. The highest BCUT2D eigenvalue weighted by molar-refractivity contribution is 7.17. The number of halogens is 1. The normalized spacial score (nSPS) is 13.2. The summed E-state index contributed by atoms with van der Waals surface area (Å²) in [4.78, 5) is 29.8. The van der Waals surface area contributed by atoms with Gasteiger partial charge in [0, 0.05) is 27.9 Å². The molecular formula is C21H18ClN3O2S. The molecule has 1 fully saturated rings. The fourth-order valence-corrected chi connectivity index (χ4v) is 3.89. The number of hydrogen-bond acceptors (Lipinski definition) is 4. The van der Waals surface area contributed by atoms with Crippen LogP contribution in [0.1, 0.15) is 38.6 Å². The van der Waals surface area contributed by atoms with E-state index in [1.165, 1.54) is 11.3 Å². The predicted molar refractivity (Wildman–Crippen MR) is 112 cm³/mol. The maximum Gasteiger partial charge on any atom is 0.267 e. The smallest absolute Gasteiger partial charge is 0.267 e. The molecule has 1 heterocycles. The number of amides is 2. The SMILES string of the molecule is Cc1nc(-c2cccc(Cl)c2)sc1C(=O)Nc1ccc(C(=O)NC2CC2)cc1. The fourth-order valence-electron chi connectivity index (χ4n) is 2.74. The van der Waals surface area contributed by atoms with Gasteiger partial charge in [-0.25, -0.2) is 4.98 Å². The van der Waals surface area contributed by atoms with E-state index in [4.69, 9.17) is 11.6 Å². The van der Waals surface area contributed by atoms with Gasteiger partial charge in [-0.05, 0) is 56.2 Å². The number of aryl methyl sites for hydroxylation is 1. The molecule has 0 aliphatic heterocycles. The van der Waals surface area contributed by atoms with Crippen LogP contribution in [-0.2, 0) is 0 Å². The summed E-state index contributed by atoms with van der Waals surface area (Å²) in [5.74, 6) is -0.302. The summed E-state index contributed by atoms with van der Waals surface area (Å²) in [5, 5.41) is 7.19. The van der Waals surface area contributed by atoms with E-state index in [0.717, 1.165) is 23.4 Å². The quantitative estimate of drug-likeness (QED) is 0.626. The van der Waals surface area contributed by atoms with Gasteiger partial charge in [-0.1, -0.05) is 23.7 Å². The largest absolute Gasteiger partial charge is 0.349 e. The maximum absolute atomic E-state index is 12.7. The second-order valence-corrected chi connectivity index (χ2v) is 8.16. The third-order valence-corrected chi connectivity index (χ3v) is 5.83. The van der Waals surface area contributed by atoms with Gasteiger partial charge in [0.05, 0.1) is 5.69 Å². The van der Waals surface area contributed by atoms with Gasteiger partial charge in [0.15, 0.2) is 0 Å². The fraction of sp³-hybridized carbons (Fsp3) is 0.190. The van der Waals surface area contributed by atoms with E-state index in [1.807, 2.05) is 25.1 Å². The highest BCUT2D eigenvalue weighted by Crippen LogP contribution is 2.30. The lowest BCUT2D eigenvalue weighted by Crippen LogP contribution is -2.25. The molecule has 2 aromatic carbocycles. The number of benzene rings is 2. The van der Waals surface area contributed by atoms with Gasteiger partial charge in [-0.15, -0.1) is 11.3 Å². The molecule has 2 N–H and O–H groups in total. The molecule has 2 amide bonds. The molecule has 1 aromatic heterocycles. The van der Waals surface area contributed by atoms with Crippen molar-refractivity contribution in [3.8, 4) is 10.6 Å². The topological polar surface area (TPSA) is 71.1 Å². The molecule has 1 aliphatic rings. The minimum absolute atomic E-state index is 0.0789. The zero-order valence-corrected chi connectivity index (χ0v) is 16.7. The van der Waals surface area contributed by atoms with Gasteiger partial charge < -0.3 is 10.6 Å². The first-order valence-electron chi connectivity index (χ1n) is 8.95. The van der Waals surface area contributed by atoms with Crippen LogP contribution in [0.3, 0.4) is 0 Å². The molecule has 0 unspecified atom stereocenters. The summed E-state index contributed by atoms with van der Waals surface area (Å²) >= 11 is 7.37. The number of aromatic nitrogens is 1. The highest BCUT2D eigenvalue weighted by atomic mass is 35.5. The average Bonchev–Trinajstić information content (AvgIpc) is 3.40. The zero-order chi connectivity index (χ0) is 19.7. The Bertz CT molecular complexity index is 1040. The molecule has 7 heteroatoms. The lowest BCUT2D eigenvalue weighted by molar-refractivity contribution is 0.0950. The lowest BCUT2D eigenvalue weighted by atomic mass is 10.2. The van der Waals surface area contributed by atoms with Crippen LogP contribution < -0.4 is 10.6 Å². The monoisotopic (exact) mass is 411 g/mol. The maximum atomic E-state index is 12.7. The Balaban J connectivity index is 1.47. The van der Waals surface area contributed by atoms with E-state index in [1.54, 1.807) is 30.3 Å². The summed E-state index contributed by atoms with van der Waals surface area (Å²) in [7, 11) is 0. The van der Waals surface area contributed by atoms with Crippen LogP contribution in [0.4, 0.5) is 5.69 Å². The van der Waals surface area contributed by atoms with E-state index in [2.05, 4.69) is 15.6 Å². The summed E-state index contributed by atoms with van der Waals surface area (Å²) in [6.45, 7) is 1.81. The first-order valence-corrected chi connectivity index (χ1v) is 10.1. The summed E-state index contributed by atoms with van der Waals surface area (Å²) < 4.78 is 0. The number of nitrogens with zero attached hydrogens (tertiary/aromatic N) is 1. The average molecular weight is 412 g/mol. The molecule has 1 saturated carbocycles. The van der Waals surface area contributed by atoms with Gasteiger partial charge in [-0.2, -0.15) is 0 Å². The first-order chi connectivity index (χ1) is 13.5. The Morgan fingerprint density at radius 3 is 2.54 bits per heavy atom. The molecule has 0 bridgehead atoms. The molecule has 1 aliphatic carbocycles. The van der Waals surface area contributed by atoms with Crippen molar-refractivity contribution >= 4 is 40.4 Å². The van der Waals surface area contributed by atoms with Crippen molar-refractivity contribution in [2.24, 2.45) is 0 Å². The molecular weight excluding hydrogens is 394 g/mol. The van der Waals surface area contributed by atoms with Crippen LogP contribution in [0.15, 0.2) is 48.5 Å². The van der Waals surface area contributed by atoms with Gasteiger partial charge in [-0.3, -0.25) is 9.59 Å². The third kappa shape index (κ3) is 4.24. The van der Waals surface area contributed by atoms with E-state index in [9.17, 15) is 9.59 Å². The van der Waals surface area contributed by atoms with Crippen LogP contribution >= 0.6 is 22.9 Å². The van der Waals surface area contributed by atoms with Crippen LogP contribution in [0, 0.1) is 6.92 Å². The van der Waals surface area contributed by atoms with Crippen molar-refractivity contribution in [1.29, 1.82) is 0 Å². The van der Waals surface area contributed by atoms with Crippen LogP contribution in [0.25, 0.3) is 10.6 Å². The van der Waals surface area contributed by atoms with E-state index < -0.39 is 0 Å². The predicted octanol–water partition coefficient (Wildman–Crippen LogP) is 4.92. The van der Waals surface area contributed by atoms with Crippen molar-refractivity contribution in [3.05, 3.63) is 69.7 Å². The minimum atomic E-state index is -0.224. The number of rotatable bonds is 5. The Hall–Kier alpha value is -2.70. The Labute approximate surface area is 171 Å². The number of carbonyl (C=O) groups excluding carboxylic acids is 2. The van der Waals surface area contributed by atoms with Crippen molar-refractivity contribution in [2.75, 3.05) is 5.32 Å². The molecule has 4 rings (SSSR count). The van der Waals surface area contributed by atoms with Crippen molar-refractivity contribution < 1.29 is 9.59 Å². The van der Waals surface area contributed by atoms with Crippen molar-refractivity contribution in [2.45, 2.75) is 25.8 Å². The number of thiazole rings is 1. The first kappa shape index (κ1) is 18.7. The Morgan fingerprint density at radius 2 is 1.86 bits per heavy atom. The molecule has 142 valence electrons. The number of anilines is 1. The van der Waals surface area contributed by atoms with Gasteiger partial charge in [0.2, 0.25) is 0 Å². The summed E-state index contributed by atoms with van der Waals surface area (Å²) in [5.41, 5.74) is 2.76. The molecule has 0 saturated heterocycles. The third-order valence-electron chi connectivity index (χ3n) is 4.39. The molecule has 5 nitrogen and oxygen atoms in total. The second kappa shape index (κ2) is 7.73. The van der Waals surface area contributed by atoms with Gasteiger partial charge in [0.1, 0.15) is 9.88 Å². The van der Waals surface area contributed by atoms with E-state index in [-0.39, 0.29) is 11.8 Å².